The van der Waals surface area contributed by atoms with Crippen LogP contribution in [0.25, 0.3) is 45.2 Å². The Bertz CT molecular complexity index is 1430. The molecule has 0 fully saturated rings. The Balaban J connectivity index is 1.70. The van der Waals surface area contributed by atoms with Crippen molar-refractivity contribution in [3.8, 4) is 34.0 Å². The molecule has 3 heterocycles. The molecule has 0 bridgehead atoms. The number of rotatable bonds is 5. The quantitative estimate of drug-likeness (QED) is 0.295. The van der Waals surface area contributed by atoms with Crippen molar-refractivity contribution in [2.45, 2.75) is 20.4 Å². The minimum Gasteiger partial charge on any atom is -0.369 e. The molecular formula is C25H22Cl2N6. The molecule has 8 heteroatoms. The number of pyridine rings is 1. The number of imidazole rings is 2. The van der Waals surface area contributed by atoms with E-state index >= 15 is 0 Å². The van der Waals surface area contributed by atoms with Crippen LogP contribution in [0.4, 0.5) is 5.95 Å². The Labute approximate surface area is 201 Å². The second-order valence-electron chi connectivity index (χ2n) is 8.29. The molecule has 0 saturated carbocycles. The molecule has 166 valence electrons. The number of aromatic amines is 1. The summed E-state index contributed by atoms with van der Waals surface area (Å²) in [6.07, 6.45) is 0. The van der Waals surface area contributed by atoms with Crippen LogP contribution in [0.3, 0.4) is 0 Å². The molecule has 0 aliphatic heterocycles. The Morgan fingerprint density at radius 2 is 1.64 bits per heavy atom. The molecular weight excluding hydrogens is 455 g/mol. The first kappa shape index (κ1) is 21.5. The lowest BCUT2D eigenvalue weighted by Crippen LogP contribution is -2.07. The Kier molecular flexibility index (Phi) is 5.56. The molecule has 3 aromatic heterocycles. The number of nitrogen functional groups attached to an aromatic ring is 1. The van der Waals surface area contributed by atoms with E-state index in [0.29, 0.717) is 44.6 Å². The van der Waals surface area contributed by atoms with Gasteiger partial charge in [-0.05, 0) is 30.2 Å². The summed E-state index contributed by atoms with van der Waals surface area (Å²) in [4.78, 5) is 17.6. The summed E-state index contributed by atoms with van der Waals surface area (Å²) in [7, 11) is 0. The number of benzene rings is 2. The summed E-state index contributed by atoms with van der Waals surface area (Å²) in [5, 5.41) is 1.04. The summed E-state index contributed by atoms with van der Waals surface area (Å²) in [5.41, 5.74) is 11.5. The fraction of sp³-hybridized carbons (Fsp3) is 0.160. The minimum absolute atomic E-state index is 0.435. The van der Waals surface area contributed by atoms with Gasteiger partial charge in [-0.25, -0.2) is 9.97 Å². The summed E-state index contributed by atoms with van der Waals surface area (Å²) >= 11 is 12.9. The van der Waals surface area contributed by atoms with Crippen LogP contribution in [0.1, 0.15) is 13.8 Å². The van der Waals surface area contributed by atoms with E-state index in [2.05, 4.69) is 23.8 Å². The van der Waals surface area contributed by atoms with Gasteiger partial charge in [0.05, 0.1) is 38.2 Å². The first-order chi connectivity index (χ1) is 15.9. The first-order valence-corrected chi connectivity index (χ1v) is 11.4. The van der Waals surface area contributed by atoms with Gasteiger partial charge in [0.1, 0.15) is 5.82 Å². The lowest BCUT2D eigenvalue weighted by molar-refractivity contribution is 0.538. The van der Waals surface area contributed by atoms with E-state index in [1.165, 1.54) is 0 Å². The van der Waals surface area contributed by atoms with Gasteiger partial charge in [-0.3, -0.25) is 0 Å². The summed E-state index contributed by atoms with van der Waals surface area (Å²) in [5.74, 6) is 1.47. The van der Waals surface area contributed by atoms with Crippen molar-refractivity contribution < 1.29 is 0 Å². The highest BCUT2D eigenvalue weighted by molar-refractivity contribution is 6.39. The number of nitrogens with zero attached hydrogens (tertiary/aromatic N) is 4. The van der Waals surface area contributed by atoms with Crippen LogP contribution in [0.2, 0.25) is 10.0 Å². The largest absolute Gasteiger partial charge is 0.369 e. The smallest absolute Gasteiger partial charge is 0.202 e. The van der Waals surface area contributed by atoms with Crippen LogP contribution in [0, 0.1) is 5.92 Å². The van der Waals surface area contributed by atoms with E-state index in [0.717, 1.165) is 29.0 Å². The van der Waals surface area contributed by atoms with Crippen molar-refractivity contribution >= 4 is 40.3 Å². The summed E-state index contributed by atoms with van der Waals surface area (Å²) in [6, 6.07) is 19.3. The number of anilines is 1. The predicted molar refractivity (Wildman–Crippen MR) is 135 cm³/mol. The number of hydrogen-bond donors (Lipinski definition) is 2. The fourth-order valence-corrected chi connectivity index (χ4v) is 4.50. The van der Waals surface area contributed by atoms with Crippen molar-refractivity contribution in [2.75, 3.05) is 5.73 Å². The third kappa shape index (κ3) is 3.96. The Morgan fingerprint density at radius 1 is 0.909 bits per heavy atom. The number of nitrogens with one attached hydrogen (secondary N) is 1. The highest BCUT2D eigenvalue weighted by atomic mass is 35.5. The molecule has 0 amide bonds. The number of fused-ring (bicyclic) bond motifs is 1. The molecule has 3 N–H and O–H groups in total. The average molecular weight is 477 g/mol. The maximum atomic E-state index is 6.47. The van der Waals surface area contributed by atoms with E-state index in [4.69, 9.17) is 38.9 Å². The molecule has 6 nitrogen and oxygen atoms in total. The molecule has 0 aliphatic carbocycles. The highest BCUT2D eigenvalue weighted by Gasteiger charge is 2.20. The van der Waals surface area contributed by atoms with E-state index in [-0.39, 0.29) is 0 Å². The van der Waals surface area contributed by atoms with Gasteiger partial charge in [0.2, 0.25) is 5.95 Å². The van der Waals surface area contributed by atoms with Crippen molar-refractivity contribution in [1.82, 2.24) is 24.5 Å². The highest BCUT2D eigenvalue weighted by Crippen LogP contribution is 2.38. The van der Waals surface area contributed by atoms with Crippen LogP contribution in [-0.4, -0.2) is 24.5 Å². The number of nitrogens with two attached hydrogens (primary N) is 1. The topological polar surface area (TPSA) is 85.4 Å². The molecule has 0 unspecified atom stereocenters. The maximum absolute atomic E-state index is 6.47. The Morgan fingerprint density at radius 3 is 2.33 bits per heavy atom. The summed E-state index contributed by atoms with van der Waals surface area (Å²) in [6.45, 7) is 5.06. The van der Waals surface area contributed by atoms with Gasteiger partial charge in [-0.2, -0.15) is 4.98 Å². The SMILES string of the molecule is CC(C)Cn1c(N)nc2nc(-c3[nH]c(-c4c(Cl)cccc4Cl)nc3-c3ccccc3)ccc21. The lowest BCUT2D eigenvalue weighted by atomic mass is 10.1. The Hall–Kier alpha value is -3.35. The van der Waals surface area contributed by atoms with Crippen molar-refractivity contribution in [3.05, 3.63) is 70.7 Å². The molecule has 5 rings (SSSR count). The van der Waals surface area contributed by atoms with Gasteiger partial charge >= 0.3 is 0 Å². The monoisotopic (exact) mass is 476 g/mol. The van der Waals surface area contributed by atoms with Crippen molar-refractivity contribution in [1.29, 1.82) is 0 Å². The fourth-order valence-electron chi connectivity index (χ4n) is 3.93. The number of halogens is 2. The van der Waals surface area contributed by atoms with Crippen LogP contribution in [0.15, 0.2) is 60.7 Å². The molecule has 0 aliphatic rings. The van der Waals surface area contributed by atoms with Gasteiger partial charge in [0, 0.05) is 12.1 Å². The van der Waals surface area contributed by atoms with Crippen LogP contribution in [-0.2, 0) is 6.54 Å². The molecule has 0 atom stereocenters. The van der Waals surface area contributed by atoms with Gasteiger partial charge in [0.25, 0.3) is 0 Å². The van der Waals surface area contributed by atoms with Crippen molar-refractivity contribution in [2.24, 2.45) is 5.92 Å². The summed E-state index contributed by atoms with van der Waals surface area (Å²) < 4.78 is 2.00. The zero-order valence-corrected chi connectivity index (χ0v) is 19.7. The molecule has 0 saturated heterocycles. The first-order valence-electron chi connectivity index (χ1n) is 10.7. The van der Waals surface area contributed by atoms with Crippen LogP contribution >= 0.6 is 23.2 Å². The molecule has 5 aromatic rings. The van der Waals surface area contributed by atoms with E-state index in [1.807, 2.05) is 53.1 Å². The zero-order chi connectivity index (χ0) is 23.1. The van der Waals surface area contributed by atoms with E-state index in [9.17, 15) is 0 Å². The van der Waals surface area contributed by atoms with Crippen LogP contribution in [0.5, 0.6) is 0 Å². The number of hydrogen-bond acceptors (Lipinski definition) is 4. The van der Waals surface area contributed by atoms with E-state index in [1.54, 1.807) is 12.1 Å². The van der Waals surface area contributed by atoms with Crippen LogP contribution < -0.4 is 5.73 Å². The third-order valence-corrected chi connectivity index (χ3v) is 6.03. The normalized spacial score (nSPS) is 11.5. The van der Waals surface area contributed by atoms with Gasteiger partial charge in [-0.15, -0.1) is 0 Å². The predicted octanol–water partition coefficient (Wildman–Crippen LogP) is 6.70. The molecule has 0 radical (unpaired) electrons. The second kappa shape index (κ2) is 8.54. The minimum atomic E-state index is 0.435. The van der Waals surface area contributed by atoms with Crippen molar-refractivity contribution in [3.63, 3.8) is 0 Å². The third-order valence-electron chi connectivity index (χ3n) is 5.40. The second-order valence-corrected chi connectivity index (χ2v) is 9.10. The molecule has 33 heavy (non-hydrogen) atoms. The average Bonchev–Trinajstić information content (AvgIpc) is 3.35. The zero-order valence-electron chi connectivity index (χ0n) is 18.2. The standard InChI is InChI=1S/C25H22Cl2N6/c1-14(2)13-33-19-12-11-18(29-23(19)32-25(33)28)22-21(15-7-4-3-5-8-15)30-24(31-22)20-16(26)9-6-10-17(20)27/h3-12,14H,13H2,1-2H3,(H,30,31)(H2,28,29,32). The van der Waals surface area contributed by atoms with Gasteiger partial charge in [0.15, 0.2) is 5.65 Å². The molecule has 2 aromatic carbocycles. The maximum Gasteiger partial charge on any atom is 0.202 e. The van der Waals surface area contributed by atoms with E-state index < -0.39 is 0 Å². The number of aromatic nitrogens is 5. The van der Waals surface area contributed by atoms with Gasteiger partial charge in [-0.1, -0.05) is 73.4 Å². The lowest BCUT2D eigenvalue weighted by Gasteiger charge is -2.09. The molecule has 0 spiro atoms. The van der Waals surface area contributed by atoms with Gasteiger partial charge < -0.3 is 15.3 Å². The number of H-pyrrole nitrogens is 1.